The summed E-state index contributed by atoms with van der Waals surface area (Å²) >= 11 is 0. The summed E-state index contributed by atoms with van der Waals surface area (Å²) in [5, 5.41) is 14.7. The van der Waals surface area contributed by atoms with Gasteiger partial charge in [0.1, 0.15) is 5.69 Å². The Kier molecular flexibility index (Phi) is 2.65. The standard InChI is InChI=1S/C14H14N6O2/c1-7-4-11(17-9-2-3-9)20-12(16-7)8(6-15-20)5-10-13(21)19-14(22)18-10/h4-6,9,21H,2-3H2,1H3,(H2,18,19,22). The van der Waals surface area contributed by atoms with Gasteiger partial charge in [0.2, 0.25) is 5.88 Å². The first-order valence-electron chi connectivity index (χ1n) is 7.02. The quantitative estimate of drug-likeness (QED) is 0.585. The zero-order valence-electron chi connectivity index (χ0n) is 11.9. The Morgan fingerprint density at radius 3 is 2.95 bits per heavy atom. The topological polar surface area (TPSA) is 111 Å². The zero-order chi connectivity index (χ0) is 15.3. The average molecular weight is 298 g/mol. The van der Waals surface area contributed by atoms with Gasteiger partial charge in [-0.1, -0.05) is 0 Å². The third kappa shape index (κ3) is 2.18. The van der Waals surface area contributed by atoms with Crippen LogP contribution in [0.25, 0.3) is 11.7 Å². The highest BCUT2D eigenvalue weighted by Crippen LogP contribution is 2.22. The second-order valence-corrected chi connectivity index (χ2v) is 5.44. The number of nitrogens with one attached hydrogen (secondary N) is 2. The maximum atomic E-state index is 11.2. The predicted octanol–water partition coefficient (Wildman–Crippen LogP) is -0.629. The molecule has 0 aliphatic heterocycles. The van der Waals surface area contributed by atoms with Crippen LogP contribution >= 0.6 is 0 Å². The van der Waals surface area contributed by atoms with Crippen molar-refractivity contribution < 1.29 is 5.11 Å². The lowest BCUT2D eigenvalue weighted by Gasteiger charge is -1.97. The molecule has 22 heavy (non-hydrogen) atoms. The van der Waals surface area contributed by atoms with Gasteiger partial charge < -0.3 is 10.1 Å². The number of H-pyrrole nitrogens is 2. The number of aryl methyl sites for hydroxylation is 1. The van der Waals surface area contributed by atoms with E-state index < -0.39 is 5.69 Å². The Hall–Kier alpha value is -2.90. The van der Waals surface area contributed by atoms with Crippen LogP contribution < -0.4 is 16.4 Å². The molecule has 8 heteroatoms. The number of rotatable bonds is 2. The summed E-state index contributed by atoms with van der Waals surface area (Å²) in [5.41, 5.74) is 2.09. The van der Waals surface area contributed by atoms with Crippen molar-refractivity contribution in [2.75, 3.05) is 0 Å². The highest BCUT2D eigenvalue weighted by Gasteiger charge is 2.20. The molecule has 0 aromatic carbocycles. The van der Waals surface area contributed by atoms with Crippen molar-refractivity contribution in [2.45, 2.75) is 25.8 Å². The van der Waals surface area contributed by atoms with Crippen molar-refractivity contribution in [3.8, 4) is 5.88 Å². The van der Waals surface area contributed by atoms with Crippen molar-refractivity contribution in [2.24, 2.45) is 4.99 Å². The summed E-state index contributed by atoms with van der Waals surface area (Å²) in [6, 6.07) is 2.28. The normalized spacial score (nSPS) is 16.8. The summed E-state index contributed by atoms with van der Waals surface area (Å²) in [7, 11) is 0. The third-order valence-electron chi connectivity index (χ3n) is 3.51. The second-order valence-electron chi connectivity index (χ2n) is 5.44. The lowest BCUT2D eigenvalue weighted by atomic mass is 10.3. The monoisotopic (exact) mass is 298 g/mol. The molecule has 8 nitrogen and oxygen atoms in total. The highest BCUT2D eigenvalue weighted by atomic mass is 16.3. The Labute approximate surface area is 123 Å². The fraction of sp³-hybridized carbons (Fsp3) is 0.286. The largest absolute Gasteiger partial charge is 0.493 e. The molecule has 3 aromatic heterocycles. The molecule has 3 aromatic rings. The number of imidazole rings is 1. The molecule has 3 heterocycles. The van der Waals surface area contributed by atoms with Crippen LogP contribution in [0.5, 0.6) is 5.88 Å². The average Bonchev–Trinajstić information content (AvgIpc) is 3.09. The minimum atomic E-state index is -0.464. The third-order valence-corrected chi connectivity index (χ3v) is 3.51. The van der Waals surface area contributed by atoms with Crippen LogP contribution in [0.3, 0.4) is 0 Å². The zero-order valence-corrected chi connectivity index (χ0v) is 11.9. The van der Waals surface area contributed by atoms with Gasteiger partial charge >= 0.3 is 5.69 Å². The van der Waals surface area contributed by atoms with E-state index in [-0.39, 0.29) is 5.88 Å². The molecule has 112 valence electrons. The van der Waals surface area contributed by atoms with Gasteiger partial charge in [-0.05, 0) is 25.8 Å². The molecule has 4 rings (SSSR count). The van der Waals surface area contributed by atoms with Gasteiger partial charge in [0.15, 0.2) is 11.1 Å². The van der Waals surface area contributed by atoms with E-state index in [0.717, 1.165) is 24.0 Å². The molecule has 1 aliphatic carbocycles. The number of hydrogen-bond acceptors (Lipinski definition) is 5. The lowest BCUT2D eigenvalue weighted by Crippen LogP contribution is -2.19. The maximum Gasteiger partial charge on any atom is 0.326 e. The van der Waals surface area contributed by atoms with E-state index in [2.05, 4.69) is 25.0 Å². The number of hydrogen-bond donors (Lipinski definition) is 3. The summed E-state index contributed by atoms with van der Waals surface area (Å²) in [5.74, 6) is -0.208. The first kappa shape index (κ1) is 12.8. The van der Waals surface area contributed by atoms with E-state index in [1.807, 2.05) is 13.0 Å². The molecule has 0 radical (unpaired) electrons. The molecule has 0 atom stereocenters. The summed E-state index contributed by atoms with van der Waals surface area (Å²) in [4.78, 5) is 25.1. The molecule has 1 aliphatic rings. The van der Waals surface area contributed by atoms with Gasteiger partial charge in [-0.3, -0.25) is 9.98 Å². The van der Waals surface area contributed by atoms with Crippen LogP contribution in [0.2, 0.25) is 0 Å². The molecule has 0 amide bonds. The van der Waals surface area contributed by atoms with Crippen LogP contribution in [0.15, 0.2) is 22.1 Å². The number of aromatic hydroxyl groups is 1. The van der Waals surface area contributed by atoms with Crippen molar-refractivity contribution in [1.82, 2.24) is 24.6 Å². The minimum Gasteiger partial charge on any atom is -0.493 e. The minimum absolute atomic E-state index is 0.208. The molecule has 1 saturated carbocycles. The van der Waals surface area contributed by atoms with Crippen molar-refractivity contribution in [3.63, 3.8) is 0 Å². The Bertz CT molecular complexity index is 1040. The molecule has 0 saturated heterocycles. The highest BCUT2D eigenvalue weighted by molar-refractivity contribution is 5.56. The molecule has 0 unspecified atom stereocenters. The van der Waals surface area contributed by atoms with Gasteiger partial charge in [0.05, 0.1) is 12.2 Å². The number of nitrogens with zero attached hydrogens (tertiary/aromatic N) is 4. The lowest BCUT2D eigenvalue weighted by molar-refractivity contribution is 0.454. The molecular weight excluding hydrogens is 284 g/mol. The number of fused-ring (bicyclic) bond motifs is 1. The molecular formula is C14H14N6O2. The molecule has 0 spiro atoms. The van der Waals surface area contributed by atoms with Crippen molar-refractivity contribution >= 4 is 11.7 Å². The Morgan fingerprint density at radius 1 is 1.45 bits per heavy atom. The Balaban J connectivity index is 1.98. The second kappa shape index (κ2) is 4.55. The van der Waals surface area contributed by atoms with Gasteiger partial charge in [-0.2, -0.15) is 9.61 Å². The Morgan fingerprint density at radius 2 is 2.27 bits per heavy atom. The van der Waals surface area contributed by atoms with E-state index >= 15 is 0 Å². The van der Waals surface area contributed by atoms with Crippen LogP contribution in [0.4, 0.5) is 0 Å². The number of aromatic nitrogens is 5. The summed E-state index contributed by atoms with van der Waals surface area (Å²) < 4.78 is 1.68. The fourth-order valence-corrected chi connectivity index (χ4v) is 2.31. The first-order valence-corrected chi connectivity index (χ1v) is 7.02. The van der Waals surface area contributed by atoms with E-state index in [4.69, 9.17) is 0 Å². The number of aromatic amines is 2. The summed E-state index contributed by atoms with van der Waals surface area (Å²) in [6.07, 6.45) is 5.49. The van der Waals surface area contributed by atoms with E-state index in [0.29, 0.717) is 22.6 Å². The van der Waals surface area contributed by atoms with Crippen molar-refractivity contribution in [3.05, 3.63) is 44.8 Å². The maximum absolute atomic E-state index is 11.2. The van der Waals surface area contributed by atoms with Crippen LogP contribution in [0.1, 0.15) is 24.2 Å². The SMILES string of the molecule is Cc1cc(=NC2CC2)n2ncc(=Cc3[nH]c(=O)[nH]c3O)c2n1. The van der Waals surface area contributed by atoms with Crippen LogP contribution in [-0.4, -0.2) is 35.7 Å². The smallest absolute Gasteiger partial charge is 0.326 e. The van der Waals surface area contributed by atoms with Crippen LogP contribution in [0, 0.1) is 6.92 Å². The van der Waals surface area contributed by atoms with Gasteiger partial charge in [-0.15, -0.1) is 0 Å². The van der Waals surface area contributed by atoms with E-state index in [9.17, 15) is 9.90 Å². The first-order chi connectivity index (χ1) is 10.6. The van der Waals surface area contributed by atoms with Gasteiger partial charge in [0, 0.05) is 17.0 Å². The van der Waals surface area contributed by atoms with E-state index in [1.54, 1.807) is 16.8 Å². The molecule has 3 N–H and O–H groups in total. The van der Waals surface area contributed by atoms with Gasteiger partial charge in [-0.25, -0.2) is 9.78 Å². The van der Waals surface area contributed by atoms with Crippen LogP contribution in [-0.2, 0) is 0 Å². The predicted molar refractivity (Wildman–Crippen MR) is 78.2 cm³/mol. The fourth-order valence-electron chi connectivity index (χ4n) is 2.31. The molecule has 0 bridgehead atoms. The van der Waals surface area contributed by atoms with E-state index in [1.165, 1.54) is 0 Å². The van der Waals surface area contributed by atoms with Gasteiger partial charge in [0.25, 0.3) is 0 Å². The molecule has 1 fully saturated rings. The van der Waals surface area contributed by atoms with Crippen molar-refractivity contribution in [1.29, 1.82) is 0 Å². The summed E-state index contributed by atoms with van der Waals surface area (Å²) in [6.45, 7) is 1.90.